The summed E-state index contributed by atoms with van der Waals surface area (Å²) in [6, 6.07) is 14.2. The normalized spacial score (nSPS) is 11.7. The van der Waals surface area contributed by atoms with Crippen LogP contribution in [0, 0.1) is 0 Å². The Morgan fingerprint density at radius 3 is 2.63 bits per heavy atom. The summed E-state index contributed by atoms with van der Waals surface area (Å²) in [5.74, 6) is 0.966. The van der Waals surface area contributed by atoms with Gasteiger partial charge in [-0.15, -0.1) is 0 Å². The van der Waals surface area contributed by atoms with Crippen molar-refractivity contribution in [3.63, 3.8) is 0 Å². The number of hydrogen-bond donors (Lipinski definition) is 1. The van der Waals surface area contributed by atoms with E-state index in [0.29, 0.717) is 23.1 Å². The number of carbonyl (C=O) groups is 1. The van der Waals surface area contributed by atoms with Crippen molar-refractivity contribution < 1.29 is 18.9 Å². The van der Waals surface area contributed by atoms with Crippen LogP contribution in [0.15, 0.2) is 53.2 Å². The van der Waals surface area contributed by atoms with Crippen LogP contribution < -0.4 is 14.8 Å². The van der Waals surface area contributed by atoms with Gasteiger partial charge in [0.25, 0.3) is 5.91 Å². The summed E-state index contributed by atoms with van der Waals surface area (Å²) in [7, 11) is 0. The van der Waals surface area contributed by atoms with Gasteiger partial charge in [-0.2, -0.15) is 0 Å². The average molecular weight is 388 g/mol. The van der Waals surface area contributed by atoms with E-state index in [4.69, 9.17) is 25.7 Å². The quantitative estimate of drug-likeness (QED) is 0.654. The van der Waals surface area contributed by atoms with Crippen LogP contribution in [-0.4, -0.2) is 28.9 Å². The van der Waals surface area contributed by atoms with Crippen LogP contribution in [0.1, 0.15) is 13.8 Å². The van der Waals surface area contributed by atoms with E-state index in [2.05, 4.69) is 15.6 Å². The van der Waals surface area contributed by atoms with Crippen molar-refractivity contribution in [1.82, 2.24) is 10.3 Å². The molecule has 7 nitrogen and oxygen atoms in total. The molecule has 0 aliphatic carbocycles. The lowest BCUT2D eigenvalue weighted by Gasteiger charge is -2.14. The second-order valence-electron chi connectivity index (χ2n) is 5.60. The highest BCUT2D eigenvalue weighted by Gasteiger charge is 2.21. The Morgan fingerprint density at radius 1 is 1.19 bits per heavy atom. The third-order valence-electron chi connectivity index (χ3n) is 3.68. The lowest BCUT2D eigenvalue weighted by atomic mass is 10.1. The van der Waals surface area contributed by atoms with E-state index in [1.807, 2.05) is 31.2 Å². The molecule has 0 spiro atoms. The van der Waals surface area contributed by atoms with Gasteiger partial charge in [-0.3, -0.25) is 4.79 Å². The van der Waals surface area contributed by atoms with Crippen LogP contribution >= 0.6 is 11.6 Å². The monoisotopic (exact) mass is 387 g/mol. The van der Waals surface area contributed by atoms with Crippen LogP contribution in [0.2, 0.25) is 5.02 Å². The maximum Gasteiger partial charge on any atom is 0.266 e. The van der Waals surface area contributed by atoms with Crippen molar-refractivity contribution in [3.05, 3.63) is 53.6 Å². The number of aromatic nitrogens is 2. The second kappa shape index (κ2) is 8.55. The standard InChI is InChI=1S/C19H18ClN3O4/c1-3-25-14-10-8-13(9-11-14)17-18(23-27-22-17)21-19(24)12(2)26-16-7-5-4-6-15(16)20/h4-12H,3H2,1-2H3,(H,21,23,24). The third kappa shape index (κ3) is 4.57. The topological polar surface area (TPSA) is 86.5 Å². The van der Waals surface area contributed by atoms with Gasteiger partial charge in [0, 0.05) is 5.56 Å². The minimum atomic E-state index is -0.796. The van der Waals surface area contributed by atoms with Crippen molar-refractivity contribution in [2.24, 2.45) is 0 Å². The smallest absolute Gasteiger partial charge is 0.266 e. The molecule has 0 fully saturated rings. The van der Waals surface area contributed by atoms with E-state index >= 15 is 0 Å². The van der Waals surface area contributed by atoms with E-state index in [0.717, 1.165) is 11.3 Å². The molecule has 0 aliphatic heterocycles. The van der Waals surface area contributed by atoms with E-state index in [9.17, 15) is 4.79 Å². The lowest BCUT2D eigenvalue weighted by Crippen LogP contribution is -2.30. The zero-order valence-corrected chi connectivity index (χ0v) is 15.6. The number of ether oxygens (including phenoxy) is 2. The first kappa shape index (κ1) is 18.7. The van der Waals surface area contributed by atoms with Crippen LogP contribution in [0.5, 0.6) is 11.5 Å². The number of nitrogens with zero attached hydrogens (tertiary/aromatic N) is 2. The summed E-state index contributed by atoms with van der Waals surface area (Å²) < 4.78 is 15.8. The molecule has 3 rings (SSSR count). The summed E-state index contributed by atoms with van der Waals surface area (Å²) in [6.07, 6.45) is -0.796. The Kier molecular flexibility index (Phi) is 5.93. The molecule has 1 N–H and O–H groups in total. The summed E-state index contributed by atoms with van der Waals surface area (Å²) in [4.78, 5) is 12.4. The van der Waals surface area contributed by atoms with Crippen LogP contribution in [0.3, 0.4) is 0 Å². The molecule has 27 heavy (non-hydrogen) atoms. The Bertz CT molecular complexity index is 911. The minimum Gasteiger partial charge on any atom is -0.494 e. The van der Waals surface area contributed by atoms with Crippen molar-refractivity contribution in [2.45, 2.75) is 20.0 Å². The van der Waals surface area contributed by atoms with Crippen LogP contribution in [0.25, 0.3) is 11.3 Å². The number of rotatable bonds is 7. The van der Waals surface area contributed by atoms with Crippen molar-refractivity contribution >= 4 is 23.3 Å². The first-order valence-electron chi connectivity index (χ1n) is 8.36. The molecule has 0 bridgehead atoms. The van der Waals surface area contributed by atoms with E-state index in [-0.39, 0.29) is 5.82 Å². The first-order valence-corrected chi connectivity index (χ1v) is 8.74. The molecule has 2 aromatic carbocycles. The summed E-state index contributed by atoms with van der Waals surface area (Å²) >= 11 is 6.05. The number of carbonyl (C=O) groups excluding carboxylic acids is 1. The summed E-state index contributed by atoms with van der Waals surface area (Å²) in [6.45, 7) is 4.10. The predicted octanol–water partition coefficient (Wildman–Crippen LogP) is 4.19. The maximum atomic E-state index is 12.4. The highest BCUT2D eigenvalue weighted by molar-refractivity contribution is 6.32. The van der Waals surface area contributed by atoms with Crippen LogP contribution in [-0.2, 0) is 4.79 Å². The first-order chi connectivity index (χ1) is 13.1. The minimum absolute atomic E-state index is 0.207. The number of para-hydroxylation sites is 1. The number of anilines is 1. The van der Waals surface area contributed by atoms with E-state index in [1.165, 1.54) is 0 Å². The Morgan fingerprint density at radius 2 is 1.93 bits per heavy atom. The lowest BCUT2D eigenvalue weighted by molar-refractivity contribution is -0.122. The highest BCUT2D eigenvalue weighted by atomic mass is 35.5. The SMILES string of the molecule is CCOc1ccc(-c2nonc2NC(=O)C(C)Oc2ccccc2Cl)cc1. The molecule has 1 heterocycles. The summed E-state index contributed by atoms with van der Waals surface area (Å²) in [5, 5.41) is 10.7. The largest absolute Gasteiger partial charge is 0.494 e. The molecule has 1 unspecified atom stereocenters. The molecule has 1 atom stereocenters. The fourth-order valence-electron chi connectivity index (χ4n) is 2.34. The Labute approximate surface area is 161 Å². The Hall–Kier alpha value is -3.06. The molecule has 0 aliphatic rings. The molecule has 0 radical (unpaired) electrons. The van der Waals surface area contributed by atoms with Gasteiger partial charge in [-0.25, -0.2) is 4.63 Å². The molecular formula is C19H18ClN3O4. The zero-order chi connectivity index (χ0) is 19.2. The molecule has 1 aromatic heterocycles. The number of benzene rings is 2. The zero-order valence-electron chi connectivity index (χ0n) is 14.8. The average Bonchev–Trinajstić information content (AvgIpc) is 3.12. The molecule has 0 saturated heterocycles. The number of halogens is 1. The molecule has 3 aromatic rings. The maximum absolute atomic E-state index is 12.4. The van der Waals surface area contributed by atoms with Gasteiger partial charge in [0.2, 0.25) is 5.82 Å². The highest BCUT2D eigenvalue weighted by Crippen LogP contribution is 2.27. The van der Waals surface area contributed by atoms with Gasteiger partial charge >= 0.3 is 0 Å². The predicted molar refractivity (Wildman–Crippen MR) is 101 cm³/mol. The van der Waals surface area contributed by atoms with Gasteiger partial charge in [-0.1, -0.05) is 23.7 Å². The van der Waals surface area contributed by atoms with Crippen molar-refractivity contribution in [1.29, 1.82) is 0 Å². The van der Waals surface area contributed by atoms with Gasteiger partial charge in [0.1, 0.15) is 11.5 Å². The van der Waals surface area contributed by atoms with Gasteiger partial charge < -0.3 is 14.8 Å². The molecule has 0 saturated carbocycles. The van der Waals surface area contributed by atoms with Gasteiger partial charge in [-0.05, 0) is 60.6 Å². The fourth-order valence-corrected chi connectivity index (χ4v) is 2.52. The van der Waals surface area contributed by atoms with E-state index < -0.39 is 12.0 Å². The number of amides is 1. The van der Waals surface area contributed by atoms with Crippen LogP contribution in [0.4, 0.5) is 5.82 Å². The molecule has 140 valence electrons. The second-order valence-corrected chi connectivity index (χ2v) is 6.01. The van der Waals surface area contributed by atoms with Crippen molar-refractivity contribution in [3.8, 4) is 22.8 Å². The number of nitrogens with one attached hydrogen (secondary N) is 1. The summed E-state index contributed by atoms with van der Waals surface area (Å²) in [5.41, 5.74) is 1.14. The van der Waals surface area contributed by atoms with Gasteiger partial charge in [0.05, 0.1) is 11.6 Å². The van der Waals surface area contributed by atoms with E-state index in [1.54, 1.807) is 31.2 Å². The number of hydrogen-bond acceptors (Lipinski definition) is 6. The molecule has 8 heteroatoms. The van der Waals surface area contributed by atoms with Gasteiger partial charge in [0.15, 0.2) is 11.8 Å². The molecule has 1 amide bonds. The van der Waals surface area contributed by atoms with Crippen molar-refractivity contribution in [2.75, 3.05) is 11.9 Å². The fraction of sp³-hybridized carbons (Fsp3) is 0.211. The molecular weight excluding hydrogens is 370 g/mol. The third-order valence-corrected chi connectivity index (χ3v) is 3.99. The Balaban J connectivity index is 1.70.